The van der Waals surface area contributed by atoms with E-state index in [1.807, 2.05) is 0 Å². The number of halogens is 2. The van der Waals surface area contributed by atoms with Crippen LogP contribution in [-0.4, -0.2) is 45.4 Å². The highest BCUT2D eigenvalue weighted by Crippen LogP contribution is 2.34. The minimum absolute atomic E-state index is 0.0313. The number of hydrogen-bond acceptors (Lipinski definition) is 9. The molecule has 3 aromatic rings. The second-order valence-electron chi connectivity index (χ2n) is 6.77. The van der Waals surface area contributed by atoms with E-state index in [-0.39, 0.29) is 27.8 Å². The van der Waals surface area contributed by atoms with E-state index in [1.165, 1.54) is 7.11 Å². The molecular formula is C20H19Cl2N5O5S2. The molecule has 0 radical (unpaired) electrons. The molecule has 0 aliphatic heterocycles. The number of rotatable bonds is 9. The van der Waals surface area contributed by atoms with Gasteiger partial charge in [-0.25, -0.2) is 4.79 Å². The van der Waals surface area contributed by atoms with Crippen molar-refractivity contribution in [3.05, 3.63) is 50.1 Å². The molecule has 34 heavy (non-hydrogen) atoms. The van der Waals surface area contributed by atoms with Crippen LogP contribution in [0.2, 0.25) is 10.0 Å². The maximum Gasteiger partial charge on any atom is 0.341 e. The van der Waals surface area contributed by atoms with Gasteiger partial charge < -0.3 is 25.1 Å². The monoisotopic (exact) mass is 543 g/mol. The quantitative estimate of drug-likeness (QED) is 0.307. The number of aromatic nitrogens is 3. The van der Waals surface area contributed by atoms with Gasteiger partial charge in [0.1, 0.15) is 17.4 Å². The van der Waals surface area contributed by atoms with Gasteiger partial charge in [0.05, 0.1) is 28.3 Å². The van der Waals surface area contributed by atoms with Gasteiger partial charge in [-0.3, -0.25) is 9.59 Å². The van der Waals surface area contributed by atoms with Crippen molar-refractivity contribution in [1.29, 1.82) is 0 Å². The fourth-order valence-electron chi connectivity index (χ4n) is 2.80. The molecule has 2 heterocycles. The molecule has 0 aliphatic carbocycles. The zero-order chi connectivity index (χ0) is 25.0. The van der Waals surface area contributed by atoms with Crippen molar-refractivity contribution in [2.24, 2.45) is 12.8 Å². The van der Waals surface area contributed by atoms with Gasteiger partial charge in [-0.15, -0.1) is 21.5 Å². The third kappa shape index (κ3) is 5.81. The molecule has 0 aliphatic rings. The van der Waals surface area contributed by atoms with E-state index >= 15 is 0 Å². The van der Waals surface area contributed by atoms with Crippen molar-refractivity contribution >= 4 is 69.1 Å². The number of thioether (sulfide) groups is 1. The highest BCUT2D eigenvalue weighted by molar-refractivity contribution is 7.99. The summed E-state index contributed by atoms with van der Waals surface area (Å²) in [5.74, 6) is -0.909. The Morgan fingerprint density at radius 1 is 1.26 bits per heavy atom. The zero-order valence-electron chi connectivity index (χ0n) is 18.2. The summed E-state index contributed by atoms with van der Waals surface area (Å²) in [6, 6.07) is 4.88. The van der Waals surface area contributed by atoms with Crippen molar-refractivity contribution in [3.8, 4) is 5.75 Å². The number of nitrogens with one attached hydrogen (secondary N) is 1. The average Bonchev–Trinajstić information content (AvgIpc) is 3.31. The normalized spacial score (nSPS) is 10.7. The number of methoxy groups -OCH3 is 1. The standard InChI is InChI=1S/C20H19Cl2N5O5S2/c1-9-15(19(30)31-3)18(34-16(9)17(23)29)24-14(28)8-33-20-26-25-13(27(20)2)7-32-12-6-10(21)4-5-11(12)22/h4-6H,7-8H2,1-3H3,(H2,23,29)(H,24,28). The fraction of sp³-hybridized carbons (Fsp3) is 0.250. The van der Waals surface area contributed by atoms with E-state index in [1.54, 1.807) is 36.7 Å². The van der Waals surface area contributed by atoms with Crippen LogP contribution in [0.4, 0.5) is 5.00 Å². The molecule has 0 spiro atoms. The number of thiophene rings is 1. The van der Waals surface area contributed by atoms with Crippen molar-refractivity contribution in [3.63, 3.8) is 0 Å². The van der Waals surface area contributed by atoms with Crippen LogP contribution in [-0.2, 0) is 23.2 Å². The Bertz CT molecular complexity index is 1260. The van der Waals surface area contributed by atoms with Gasteiger partial charge in [0, 0.05) is 18.1 Å². The van der Waals surface area contributed by atoms with E-state index in [0.29, 0.717) is 32.3 Å². The van der Waals surface area contributed by atoms with Crippen LogP contribution in [0.25, 0.3) is 0 Å². The minimum Gasteiger partial charge on any atom is -0.484 e. The van der Waals surface area contributed by atoms with Crippen LogP contribution in [0, 0.1) is 6.92 Å². The molecule has 0 atom stereocenters. The van der Waals surface area contributed by atoms with Crippen molar-refractivity contribution in [2.45, 2.75) is 18.7 Å². The molecule has 2 amide bonds. The summed E-state index contributed by atoms with van der Waals surface area (Å²) in [5.41, 5.74) is 5.81. The molecular weight excluding hydrogens is 525 g/mol. The Hall–Kier alpha value is -2.80. The van der Waals surface area contributed by atoms with E-state index < -0.39 is 17.8 Å². The van der Waals surface area contributed by atoms with Crippen LogP contribution < -0.4 is 15.8 Å². The topological polar surface area (TPSA) is 138 Å². The number of esters is 1. The second-order valence-corrected chi connectivity index (χ2v) is 9.58. The number of carbonyl (C=O) groups is 3. The number of nitrogens with two attached hydrogens (primary N) is 1. The maximum atomic E-state index is 12.5. The number of ether oxygens (including phenoxy) is 2. The number of anilines is 1. The van der Waals surface area contributed by atoms with Gasteiger partial charge in [0.15, 0.2) is 11.0 Å². The third-order valence-corrected chi connectivity index (χ3v) is 7.31. The largest absolute Gasteiger partial charge is 0.484 e. The van der Waals surface area contributed by atoms with E-state index in [2.05, 4.69) is 15.5 Å². The fourth-order valence-corrected chi connectivity index (χ4v) is 4.93. The van der Waals surface area contributed by atoms with E-state index in [4.69, 9.17) is 38.4 Å². The van der Waals surface area contributed by atoms with Crippen LogP contribution >= 0.6 is 46.3 Å². The number of benzene rings is 1. The smallest absolute Gasteiger partial charge is 0.341 e. The highest BCUT2D eigenvalue weighted by atomic mass is 35.5. The van der Waals surface area contributed by atoms with Gasteiger partial charge in [-0.2, -0.15) is 0 Å². The first-order valence-corrected chi connectivity index (χ1v) is 12.1. The lowest BCUT2D eigenvalue weighted by Gasteiger charge is -2.08. The van der Waals surface area contributed by atoms with Gasteiger partial charge in [0.2, 0.25) is 5.91 Å². The summed E-state index contributed by atoms with van der Waals surface area (Å²) in [6.45, 7) is 1.65. The Labute approximate surface area is 212 Å². The van der Waals surface area contributed by atoms with Gasteiger partial charge in [0.25, 0.3) is 5.91 Å². The molecule has 0 unspecified atom stereocenters. The van der Waals surface area contributed by atoms with Crippen molar-refractivity contribution in [2.75, 3.05) is 18.2 Å². The number of amides is 2. The highest BCUT2D eigenvalue weighted by Gasteiger charge is 2.25. The maximum absolute atomic E-state index is 12.5. The number of primary amides is 1. The van der Waals surface area contributed by atoms with Crippen LogP contribution in [0.15, 0.2) is 23.4 Å². The predicted molar refractivity (Wildman–Crippen MR) is 130 cm³/mol. The lowest BCUT2D eigenvalue weighted by molar-refractivity contribution is -0.113. The first-order chi connectivity index (χ1) is 16.1. The number of carbonyl (C=O) groups excluding carboxylic acids is 3. The average molecular weight is 544 g/mol. The molecule has 2 aromatic heterocycles. The first kappa shape index (κ1) is 25.8. The summed E-state index contributed by atoms with van der Waals surface area (Å²) in [5, 5.41) is 12.3. The first-order valence-electron chi connectivity index (χ1n) is 9.52. The van der Waals surface area contributed by atoms with Crippen LogP contribution in [0.3, 0.4) is 0 Å². The lowest BCUT2D eigenvalue weighted by atomic mass is 10.1. The molecule has 3 rings (SSSR count). The minimum atomic E-state index is -0.699. The SMILES string of the molecule is COC(=O)c1c(NC(=O)CSc2nnc(COc3cc(Cl)ccc3Cl)n2C)sc(C(N)=O)c1C. The summed E-state index contributed by atoms with van der Waals surface area (Å²) in [4.78, 5) is 36.5. The van der Waals surface area contributed by atoms with Gasteiger partial charge in [-0.05, 0) is 24.6 Å². The van der Waals surface area contributed by atoms with Crippen LogP contribution in [0.1, 0.15) is 31.4 Å². The third-order valence-electron chi connectivity index (χ3n) is 4.52. The van der Waals surface area contributed by atoms with Crippen molar-refractivity contribution < 1.29 is 23.9 Å². The zero-order valence-corrected chi connectivity index (χ0v) is 21.3. The molecule has 0 bridgehead atoms. The molecule has 0 saturated carbocycles. The summed E-state index contributed by atoms with van der Waals surface area (Å²) in [6.07, 6.45) is 0. The van der Waals surface area contributed by atoms with Gasteiger partial charge in [-0.1, -0.05) is 35.0 Å². The Kier molecular flexibility index (Phi) is 8.42. The lowest BCUT2D eigenvalue weighted by Crippen LogP contribution is -2.16. The predicted octanol–water partition coefficient (Wildman–Crippen LogP) is 3.69. The molecule has 180 valence electrons. The molecule has 3 N–H and O–H groups in total. The number of hydrogen-bond donors (Lipinski definition) is 2. The Morgan fingerprint density at radius 3 is 2.68 bits per heavy atom. The second kappa shape index (κ2) is 11.1. The summed E-state index contributed by atoms with van der Waals surface area (Å²) >= 11 is 14.1. The number of nitrogens with zero attached hydrogens (tertiary/aromatic N) is 3. The molecule has 0 saturated heterocycles. The summed E-state index contributed by atoms with van der Waals surface area (Å²) in [7, 11) is 2.94. The van der Waals surface area contributed by atoms with Crippen LogP contribution in [0.5, 0.6) is 5.75 Å². The molecule has 14 heteroatoms. The molecule has 0 fully saturated rings. The Balaban J connectivity index is 1.64. The van der Waals surface area contributed by atoms with E-state index in [9.17, 15) is 14.4 Å². The molecule has 10 nitrogen and oxygen atoms in total. The molecule has 1 aromatic carbocycles. The van der Waals surface area contributed by atoms with Gasteiger partial charge >= 0.3 is 5.97 Å². The summed E-state index contributed by atoms with van der Waals surface area (Å²) < 4.78 is 12.1. The Morgan fingerprint density at radius 2 is 2.00 bits per heavy atom. The van der Waals surface area contributed by atoms with Crippen molar-refractivity contribution in [1.82, 2.24) is 14.8 Å². The van der Waals surface area contributed by atoms with E-state index in [0.717, 1.165) is 23.1 Å².